The molecule has 0 amide bonds. The summed E-state index contributed by atoms with van der Waals surface area (Å²) in [5.41, 5.74) is 5.73. The molecule has 2 aromatic rings. The van der Waals surface area contributed by atoms with E-state index in [-0.39, 0.29) is 16.3 Å². The first-order valence-electron chi connectivity index (χ1n) is 6.63. The van der Waals surface area contributed by atoms with Gasteiger partial charge in [0.1, 0.15) is 23.6 Å². The second kappa shape index (κ2) is 8.73. The van der Waals surface area contributed by atoms with Gasteiger partial charge in [0.2, 0.25) is 0 Å². The van der Waals surface area contributed by atoms with Crippen molar-refractivity contribution in [3.63, 3.8) is 0 Å². The molecule has 0 bridgehead atoms. The minimum absolute atomic E-state index is 0.176. The predicted octanol–water partition coefficient (Wildman–Crippen LogP) is 4.10. The second-order valence-electron chi connectivity index (χ2n) is 4.96. The number of hydrogen-bond donors (Lipinski definition) is 4. The van der Waals surface area contributed by atoms with Crippen LogP contribution < -0.4 is 10.5 Å². The second-order valence-corrected chi connectivity index (χ2v) is 8.85. The van der Waals surface area contributed by atoms with Gasteiger partial charge >= 0.3 is 5.97 Å². The number of carboxylic acids is 1. The molecule has 0 aliphatic carbocycles. The molecule has 0 aromatic heterocycles. The maximum Gasteiger partial charge on any atom is 0.323 e. The third-order valence-corrected chi connectivity index (χ3v) is 5.92. The molecule has 2 aromatic carbocycles. The molecule has 1 unspecified atom stereocenters. The average molecular weight is 701 g/mol. The molecule has 0 fully saturated rings. The number of aliphatic carboxylic acids is 1. The molecule has 0 saturated carbocycles. The summed E-state index contributed by atoms with van der Waals surface area (Å²) in [6, 6.07) is 4.84. The normalized spacial score (nSPS) is 13.4. The number of aliphatic hydroxyl groups excluding tert-OH is 1. The summed E-state index contributed by atoms with van der Waals surface area (Å²) in [6.45, 7) is 0. The zero-order valence-corrected chi connectivity index (χ0v) is 19.4. The zero-order valence-electron chi connectivity index (χ0n) is 12.2. The van der Waals surface area contributed by atoms with Crippen molar-refractivity contribution in [2.24, 2.45) is 5.73 Å². The van der Waals surface area contributed by atoms with Gasteiger partial charge in [0.15, 0.2) is 5.75 Å². The van der Waals surface area contributed by atoms with E-state index in [9.17, 15) is 15.0 Å². The first-order valence-corrected chi connectivity index (χ1v) is 10.2. The van der Waals surface area contributed by atoms with Gasteiger partial charge in [-0.3, -0.25) is 4.79 Å². The average Bonchev–Trinajstić information content (AvgIpc) is 2.54. The van der Waals surface area contributed by atoms with Crippen LogP contribution in [0.15, 0.2) is 24.3 Å². The Morgan fingerprint density at radius 1 is 1.12 bits per heavy atom. The van der Waals surface area contributed by atoms with Crippen LogP contribution in [0.5, 0.6) is 17.2 Å². The molecule has 0 saturated heterocycles. The van der Waals surface area contributed by atoms with Crippen LogP contribution in [0, 0.1) is 10.7 Å². The fourth-order valence-corrected chi connectivity index (χ4v) is 4.81. The van der Waals surface area contributed by atoms with Crippen LogP contribution in [0.2, 0.25) is 5.02 Å². The Labute approximate surface area is 189 Å². The molecule has 0 spiro atoms. The monoisotopic (exact) mass is 701 g/mol. The van der Waals surface area contributed by atoms with Crippen molar-refractivity contribution >= 4 is 85.3 Å². The lowest BCUT2D eigenvalue weighted by atomic mass is 10.0. The van der Waals surface area contributed by atoms with Gasteiger partial charge in [0.05, 0.1) is 15.7 Å². The van der Waals surface area contributed by atoms with Gasteiger partial charge in [0.25, 0.3) is 0 Å². The van der Waals surface area contributed by atoms with E-state index >= 15 is 0 Å². The number of carbonyl (C=O) groups is 1. The van der Waals surface area contributed by atoms with Gasteiger partial charge in [-0.15, -0.1) is 0 Å². The molecule has 0 radical (unpaired) electrons. The van der Waals surface area contributed by atoms with Crippen molar-refractivity contribution in [3.05, 3.63) is 45.6 Å². The topological polar surface area (TPSA) is 113 Å². The highest BCUT2D eigenvalue weighted by atomic mass is 127. The number of phenols is 1. The number of rotatable bonds is 5. The molecule has 2 rings (SSSR count). The first-order chi connectivity index (χ1) is 11.6. The van der Waals surface area contributed by atoms with Gasteiger partial charge in [0, 0.05) is 0 Å². The number of nitrogens with two attached hydrogens (primary N) is 1. The Balaban J connectivity index is 2.36. The lowest BCUT2D eigenvalue weighted by molar-refractivity contribution is -0.141. The van der Waals surface area contributed by atoms with E-state index in [4.69, 9.17) is 27.2 Å². The molecule has 6 nitrogen and oxygen atoms in total. The van der Waals surface area contributed by atoms with Gasteiger partial charge in [-0.25, -0.2) is 0 Å². The summed E-state index contributed by atoms with van der Waals surface area (Å²) in [5, 5.41) is 29.0. The first kappa shape index (κ1) is 21.2. The standard InChI is InChI=1S/C15H11ClI3NO5/c16-7-1-5(12(21)11(20)15(23)24)2-10(19)14(7)25-6-3-8(17)13(22)9(18)4-6/h1-4,11-12,21-22H,20H2,(H,23,24)/t11-,12?/m0/s1. The highest BCUT2D eigenvalue weighted by Crippen LogP contribution is 2.39. The number of benzene rings is 2. The van der Waals surface area contributed by atoms with Crippen LogP contribution in [0.1, 0.15) is 11.7 Å². The third-order valence-electron chi connectivity index (χ3n) is 3.20. The van der Waals surface area contributed by atoms with Crippen molar-refractivity contribution < 1.29 is 24.9 Å². The number of halogens is 4. The molecule has 2 atom stereocenters. The van der Waals surface area contributed by atoms with Crippen LogP contribution in [-0.4, -0.2) is 27.3 Å². The fraction of sp³-hybridized carbons (Fsp3) is 0.133. The van der Waals surface area contributed by atoms with E-state index in [2.05, 4.69) is 0 Å². The van der Waals surface area contributed by atoms with E-state index in [0.717, 1.165) is 0 Å². The highest BCUT2D eigenvalue weighted by Gasteiger charge is 2.25. The van der Waals surface area contributed by atoms with Crippen molar-refractivity contribution in [1.82, 2.24) is 0 Å². The molecule has 0 heterocycles. The molecule has 134 valence electrons. The van der Waals surface area contributed by atoms with Crippen LogP contribution in [0.4, 0.5) is 0 Å². The largest absolute Gasteiger partial charge is 0.506 e. The van der Waals surface area contributed by atoms with Crippen LogP contribution in [-0.2, 0) is 4.79 Å². The van der Waals surface area contributed by atoms with Crippen molar-refractivity contribution in [3.8, 4) is 17.2 Å². The Hall–Kier alpha value is -0.0900. The SMILES string of the molecule is N[C@H](C(=O)O)C(O)c1cc(Cl)c(Oc2cc(I)c(O)c(I)c2)c(I)c1. The van der Waals surface area contributed by atoms with Gasteiger partial charge in [-0.1, -0.05) is 11.6 Å². The maximum atomic E-state index is 10.9. The molecule has 10 heteroatoms. The lowest BCUT2D eigenvalue weighted by Gasteiger charge is -2.18. The Bertz CT molecular complexity index is 787. The number of hydrogen-bond acceptors (Lipinski definition) is 5. The Morgan fingerprint density at radius 3 is 2.16 bits per heavy atom. The summed E-state index contributed by atoms with van der Waals surface area (Å²) >= 11 is 12.2. The number of ether oxygens (including phenoxy) is 1. The fourth-order valence-electron chi connectivity index (χ4n) is 1.91. The van der Waals surface area contributed by atoms with Crippen molar-refractivity contribution in [2.75, 3.05) is 0 Å². The van der Waals surface area contributed by atoms with Crippen LogP contribution in [0.25, 0.3) is 0 Å². The lowest BCUT2D eigenvalue weighted by Crippen LogP contribution is -2.36. The number of phenolic OH excluding ortho intramolecular Hbond substituents is 1. The highest BCUT2D eigenvalue weighted by molar-refractivity contribution is 14.1. The van der Waals surface area contributed by atoms with Gasteiger partial charge < -0.3 is 25.8 Å². The summed E-state index contributed by atoms with van der Waals surface area (Å²) in [4.78, 5) is 10.9. The number of aromatic hydroxyl groups is 1. The van der Waals surface area contributed by atoms with Crippen LogP contribution >= 0.6 is 79.4 Å². The summed E-state index contributed by atoms with van der Waals surface area (Å²) in [7, 11) is 0. The minimum atomic E-state index is -1.46. The molecule has 5 N–H and O–H groups in total. The maximum absolute atomic E-state index is 10.9. The Morgan fingerprint density at radius 2 is 1.68 bits per heavy atom. The molecular weight excluding hydrogens is 690 g/mol. The van der Waals surface area contributed by atoms with Crippen molar-refractivity contribution in [1.29, 1.82) is 0 Å². The third kappa shape index (κ3) is 5.00. The van der Waals surface area contributed by atoms with Crippen LogP contribution in [0.3, 0.4) is 0 Å². The van der Waals surface area contributed by atoms with Gasteiger partial charge in [-0.2, -0.15) is 0 Å². The smallest absolute Gasteiger partial charge is 0.323 e. The summed E-state index contributed by atoms with van der Waals surface area (Å²) in [6.07, 6.45) is -1.40. The predicted molar refractivity (Wildman–Crippen MR) is 118 cm³/mol. The minimum Gasteiger partial charge on any atom is -0.506 e. The summed E-state index contributed by atoms with van der Waals surface area (Å²) < 4.78 is 7.65. The number of carboxylic acid groups (broad SMARTS) is 1. The zero-order chi connectivity index (χ0) is 18.9. The molecular formula is C15H11ClI3NO5. The molecule has 0 aliphatic rings. The van der Waals surface area contributed by atoms with E-state index in [0.29, 0.717) is 22.2 Å². The number of aliphatic hydroxyl groups is 1. The van der Waals surface area contributed by atoms with E-state index in [1.165, 1.54) is 6.07 Å². The van der Waals surface area contributed by atoms with Crippen molar-refractivity contribution in [2.45, 2.75) is 12.1 Å². The van der Waals surface area contributed by atoms with E-state index < -0.39 is 18.1 Å². The van der Waals surface area contributed by atoms with Gasteiger partial charge in [-0.05, 0) is 97.6 Å². The summed E-state index contributed by atoms with van der Waals surface area (Å²) in [5.74, 6) is -0.288. The molecule has 0 aliphatic heterocycles. The quantitative estimate of drug-likeness (QED) is 0.350. The Kier molecular flexibility index (Phi) is 7.41. The van der Waals surface area contributed by atoms with E-state index in [1.807, 2.05) is 67.8 Å². The molecule has 25 heavy (non-hydrogen) atoms. The van der Waals surface area contributed by atoms with E-state index in [1.54, 1.807) is 18.2 Å².